The zero-order chi connectivity index (χ0) is 46.6. The van der Waals surface area contributed by atoms with E-state index in [1.165, 1.54) is 76.6 Å². The van der Waals surface area contributed by atoms with Crippen molar-refractivity contribution in [3.8, 4) is 50.8 Å². The molecule has 71 heavy (non-hydrogen) atoms. The quantitative estimate of drug-likeness (QED) is 0.160. The maximum Gasteiger partial charge on any atom is 0.177 e. The first-order valence-electron chi connectivity index (χ1n) is 24.1. The van der Waals surface area contributed by atoms with Gasteiger partial charge < -0.3 is 22.9 Å². The topological polar surface area (TPSA) is 37.2 Å². The van der Waals surface area contributed by atoms with E-state index in [2.05, 4.69) is 232 Å². The number of rotatable bonds is 7. The number of hydrogen-bond donors (Lipinski definition) is 0. The number of aromatic nitrogens is 3. The second-order valence-electron chi connectivity index (χ2n) is 18.5. The van der Waals surface area contributed by atoms with E-state index in [1.807, 2.05) is 30.3 Å². The lowest BCUT2D eigenvalue weighted by molar-refractivity contribution is 0.476. The number of fused-ring (bicyclic) bond motifs is 12. The summed E-state index contributed by atoms with van der Waals surface area (Å²) in [6, 6.07) is 89.2. The number of para-hydroxylation sites is 6. The smallest absolute Gasteiger partial charge is 0.177 e. The van der Waals surface area contributed by atoms with Crippen molar-refractivity contribution < 1.29 is 9.15 Å². The third-order valence-electron chi connectivity index (χ3n) is 14.5. The highest BCUT2D eigenvalue weighted by molar-refractivity contribution is 6.15. The van der Waals surface area contributed by atoms with E-state index in [0.717, 1.165) is 55.8 Å². The monoisotopic (exact) mass is 907 g/mol. The molecule has 0 aliphatic heterocycles. The molecule has 15 aromatic rings. The van der Waals surface area contributed by atoms with Crippen LogP contribution < -0.4 is 4.74 Å². The van der Waals surface area contributed by atoms with Crippen LogP contribution >= 0.6 is 0 Å². The highest BCUT2D eigenvalue weighted by Gasteiger charge is 2.19. The predicted molar refractivity (Wildman–Crippen MR) is 294 cm³/mol. The number of hydrogen-bond acceptors (Lipinski definition) is 2. The van der Waals surface area contributed by atoms with Crippen LogP contribution in [0.2, 0.25) is 0 Å². The molecule has 15 rings (SSSR count). The maximum atomic E-state index is 6.56. The Balaban J connectivity index is 0.885. The molecule has 5 heteroatoms. The maximum absolute atomic E-state index is 6.56. The van der Waals surface area contributed by atoms with E-state index in [9.17, 15) is 0 Å². The molecule has 0 amide bonds. The summed E-state index contributed by atoms with van der Waals surface area (Å²) in [6.07, 6.45) is 0. The summed E-state index contributed by atoms with van der Waals surface area (Å²) in [6.45, 7) is 0. The average molecular weight is 908 g/mol. The van der Waals surface area contributed by atoms with Crippen LogP contribution in [0.1, 0.15) is 0 Å². The van der Waals surface area contributed by atoms with Crippen molar-refractivity contribution in [2.24, 2.45) is 0 Å². The zero-order valence-corrected chi connectivity index (χ0v) is 38.3. The standard InChI is InChI=1S/C66H41N3O2/c1-3-14-46(15-4-1)67-58-22-10-7-18-50(58)54-38-42(26-34-60(54)67)44-28-36-62-56(40-44)57-41-45(43-27-35-61-55(39-43)51-19-8-11-23-59(51)68(61)47-16-5-2-6-17-47)29-37-63(57)69(62)48-30-32-49(33-31-48)70-65-25-13-21-53-52-20-9-12-24-64(52)71-66(53)65/h1-41H. The Bertz CT molecular complexity index is 4380. The molecule has 0 unspecified atom stereocenters. The molecule has 332 valence electrons. The van der Waals surface area contributed by atoms with Crippen LogP contribution in [0.25, 0.3) is 127 Å². The van der Waals surface area contributed by atoms with Crippen molar-refractivity contribution >= 4 is 87.4 Å². The molecule has 0 aliphatic carbocycles. The second kappa shape index (κ2) is 15.5. The molecule has 0 saturated carbocycles. The summed E-state index contributed by atoms with van der Waals surface area (Å²) in [5.74, 6) is 1.43. The van der Waals surface area contributed by atoms with Crippen LogP contribution in [0.15, 0.2) is 253 Å². The molecule has 11 aromatic carbocycles. The number of ether oxygens (including phenoxy) is 1. The van der Waals surface area contributed by atoms with E-state index < -0.39 is 0 Å². The molecular weight excluding hydrogens is 867 g/mol. The van der Waals surface area contributed by atoms with Gasteiger partial charge in [-0.15, -0.1) is 0 Å². The Morgan fingerprint density at radius 2 is 0.648 bits per heavy atom. The van der Waals surface area contributed by atoms with E-state index in [1.54, 1.807) is 0 Å². The average Bonchev–Trinajstić information content (AvgIpc) is 4.18. The minimum atomic E-state index is 0.689. The van der Waals surface area contributed by atoms with Gasteiger partial charge in [0.05, 0.1) is 33.1 Å². The first-order valence-corrected chi connectivity index (χ1v) is 24.1. The third-order valence-corrected chi connectivity index (χ3v) is 14.5. The largest absolute Gasteiger partial charge is 0.453 e. The molecule has 4 heterocycles. The Kier molecular flexibility index (Phi) is 8.59. The Morgan fingerprint density at radius 1 is 0.268 bits per heavy atom. The van der Waals surface area contributed by atoms with Crippen LogP contribution in [-0.2, 0) is 0 Å². The fourth-order valence-electron chi connectivity index (χ4n) is 11.3. The van der Waals surface area contributed by atoms with Crippen LogP contribution in [-0.4, -0.2) is 13.7 Å². The number of benzene rings is 11. The number of furan rings is 1. The van der Waals surface area contributed by atoms with Crippen molar-refractivity contribution in [3.05, 3.63) is 249 Å². The molecule has 0 spiro atoms. The SMILES string of the molecule is c1ccc(-n2c3ccccc3c3cc(-c4ccc5c(c4)c4cc(-c6ccc7c(c6)c6ccccc6n7-c6ccccc6)ccc4n5-c4ccc(Oc5cccc6c5oc5ccccc56)cc4)ccc32)cc1. The van der Waals surface area contributed by atoms with E-state index >= 15 is 0 Å². The first kappa shape index (κ1) is 39.4. The van der Waals surface area contributed by atoms with Crippen LogP contribution in [0, 0.1) is 0 Å². The molecule has 0 atom stereocenters. The highest BCUT2D eigenvalue weighted by Crippen LogP contribution is 2.42. The summed E-state index contributed by atoms with van der Waals surface area (Å²) >= 11 is 0. The molecule has 0 fully saturated rings. The normalized spacial score (nSPS) is 11.9. The third kappa shape index (κ3) is 6.13. The van der Waals surface area contributed by atoms with Gasteiger partial charge in [0.15, 0.2) is 11.3 Å². The van der Waals surface area contributed by atoms with E-state index in [0.29, 0.717) is 5.75 Å². The van der Waals surface area contributed by atoms with E-state index in [4.69, 9.17) is 9.15 Å². The fourth-order valence-corrected chi connectivity index (χ4v) is 11.3. The van der Waals surface area contributed by atoms with Crippen molar-refractivity contribution in [2.45, 2.75) is 0 Å². The Morgan fingerprint density at radius 3 is 1.14 bits per heavy atom. The second-order valence-corrected chi connectivity index (χ2v) is 18.5. The minimum absolute atomic E-state index is 0.689. The molecule has 0 aliphatic rings. The lowest BCUT2D eigenvalue weighted by Crippen LogP contribution is -1.94. The Hall–Kier alpha value is -9.58. The molecule has 4 aromatic heterocycles. The van der Waals surface area contributed by atoms with E-state index in [-0.39, 0.29) is 0 Å². The molecule has 5 nitrogen and oxygen atoms in total. The molecule has 0 saturated heterocycles. The van der Waals surface area contributed by atoms with Gasteiger partial charge in [-0.25, -0.2) is 0 Å². The van der Waals surface area contributed by atoms with Crippen molar-refractivity contribution in [2.75, 3.05) is 0 Å². The van der Waals surface area contributed by atoms with Gasteiger partial charge in [0.1, 0.15) is 11.3 Å². The first-order chi connectivity index (χ1) is 35.2. The van der Waals surface area contributed by atoms with Gasteiger partial charge >= 0.3 is 0 Å². The molecular formula is C66H41N3O2. The lowest BCUT2D eigenvalue weighted by Gasteiger charge is -2.11. The zero-order valence-electron chi connectivity index (χ0n) is 38.3. The van der Waals surface area contributed by atoms with Crippen LogP contribution in [0.3, 0.4) is 0 Å². The Labute approximate surface area is 407 Å². The molecule has 0 radical (unpaired) electrons. The highest BCUT2D eigenvalue weighted by atomic mass is 16.5. The molecule has 0 bridgehead atoms. The summed E-state index contributed by atoms with van der Waals surface area (Å²) in [7, 11) is 0. The number of nitrogens with zero attached hydrogens (tertiary/aromatic N) is 3. The van der Waals surface area contributed by atoms with Gasteiger partial charge in [0, 0.05) is 60.2 Å². The summed E-state index contributed by atoms with van der Waals surface area (Å²) in [5.41, 5.74) is 16.7. The van der Waals surface area contributed by atoms with Crippen LogP contribution in [0.4, 0.5) is 0 Å². The van der Waals surface area contributed by atoms with Crippen LogP contribution in [0.5, 0.6) is 11.5 Å². The molecule has 0 N–H and O–H groups in total. The van der Waals surface area contributed by atoms with Gasteiger partial charge in [-0.2, -0.15) is 0 Å². The fraction of sp³-hybridized carbons (Fsp3) is 0. The summed E-state index contributed by atoms with van der Waals surface area (Å²) < 4.78 is 20.0. The minimum Gasteiger partial charge on any atom is -0.453 e. The predicted octanol–water partition coefficient (Wildman–Crippen LogP) is 18.0. The van der Waals surface area contributed by atoms with Crippen molar-refractivity contribution in [1.29, 1.82) is 0 Å². The summed E-state index contributed by atoms with van der Waals surface area (Å²) in [4.78, 5) is 0. The van der Waals surface area contributed by atoms with Gasteiger partial charge in [-0.05, 0) is 144 Å². The van der Waals surface area contributed by atoms with Gasteiger partial charge in [0.25, 0.3) is 0 Å². The summed E-state index contributed by atoms with van der Waals surface area (Å²) in [5, 5.41) is 9.42. The van der Waals surface area contributed by atoms with Gasteiger partial charge in [0.2, 0.25) is 0 Å². The van der Waals surface area contributed by atoms with Gasteiger partial charge in [-0.3, -0.25) is 0 Å². The lowest BCUT2D eigenvalue weighted by atomic mass is 9.98. The van der Waals surface area contributed by atoms with Gasteiger partial charge in [-0.1, -0.05) is 127 Å². The van der Waals surface area contributed by atoms with Crippen molar-refractivity contribution in [1.82, 2.24) is 13.7 Å². The van der Waals surface area contributed by atoms with Crippen molar-refractivity contribution in [3.63, 3.8) is 0 Å².